The smallest absolute Gasteiger partial charge is 0.136 e. The van der Waals surface area contributed by atoms with E-state index >= 15 is 0 Å². The largest absolute Gasteiger partial charge is 0.508 e. The van der Waals surface area contributed by atoms with Crippen LogP contribution in [0.15, 0.2) is 88.3 Å². The topological polar surface area (TPSA) is 55.0 Å². The molecule has 0 aliphatic rings. The minimum Gasteiger partial charge on any atom is -0.508 e. The van der Waals surface area contributed by atoms with Crippen LogP contribution >= 0.6 is 12.4 Å². The van der Waals surface area contributed by atoms with E-state index in [9.17, 15) is 5.11 Å². The molecule has 4 nitrogen and oxygen atoms in total. The summed E-state index contributed by atoms with van der Waals surface area (Å²) in [6.07, 6.45) is 0. The van der Waals surface area contributed by atoms with Crippen LogP contribution < -0.4 is 10.1 Å². The van der Waals surface area contributed by atoms with Crippen molar-refractivity contribution in [2.45, 2.75) is 0 Å². The van der Waals surface area contributed by atoms with E-state index in [-0.39, 0.29) is 18.2 Å². The van der Waals surface area contributed by atoms with Crippen molar-refractivity contribution >= 4 is 29.1 Å². The van der Waals surface area contributed by atoms with Crippen LogP contribution in [0.5, 0.6) is 11.5 Å². The van der Waals surface area contributed by atoms with E-state index < -0.39 is 0 Å². The maximum atomic E-state index is 9.51. The quantitative estimate of drug-likeness (QED) is 0.513. The molecule has 3 aromatic carbocycles. The molecular formula is C22H18ClNO3. The lowest BCUT2D eigenvalue weighted by molar-refractivity contribution is 0.415. The highest BCUT2D eigenvalue weighted by molar-refractivity contribution is 5.85. The summed E-state index contributed by atoms with van der Waals surface area (Å²) in [6, 6.07) is 24.2. The highest BCUT2D eigenvalue weighted by Crippen LogP contribution is 2.24. The van der Waals surface area contributed by atoms with Crippen molar-refractivity contribution in [3.63, 3.8) is 0 Å². The van der Waals surface area contributed by atoms with E-state index in [1.807, 2.05) is 66.7 Å². The molecule has 0 saturated carbocycles. The maximum Gasteiger partial charge on any atom is 0.136 e. The number of hydrogen-bond donors (Lipinski definition) is 1. The SMILES string of the molecule is COc1ccc(N=c2cc(-c3ccc(O)cc3)oc3ccccc23)cc1.Cl. The summed E-state index contributed by atoms with van der Waals surface area (Å²) in [5.74, 6) is 1.70. The van der Waals surface area contributed by atoms with Crippen molar-refractivity contribution in [3.8, 4) is 22.8 Å². The molecule has 0 bridgehead atoms. The monoisotopic (exact) mass is 379 g/mol. The number of phenols is 1. The second kappa shape index (κ2) is 7.98. The van der Waals surface area contributed by atoms with E-state index in [0.29, 0.717) is 5.76 Å². The highest BCUT2D eigenvalue weighted by atomic mass is 35.5. The molecule has 27 heavy (non-hydrogen) atoms. The lowest BCUT2D eigenvalue weighted by Crippen LogP contribution is -2.03. The zero-order valence-corrected chi connectivity index (χ0v) is 15.4. The van der Waals surface area contributed by atoms with Gasteiger partial charge in [-0.2, -0.15) is 0 Å². The molecule has 1 aromatic heterocycles. The van der Waals surface area contributed by atoms with Crippen LogP contribution in [-0.2, 0) is 0 Å². The summed E-state index contributed by atoms with van der Waals surface area (Å²) in [5.41, 5.74) is 2.46. The minimum absolute atomic E-state index is 0. The minimum atomic E-state index is 0. The Bertz CT molecular complexity index is 1120. The molecule has 0 saturated heterocycles. The number of aromatic hydroxyl groups is 1. The molecule has 136 valence electrons. The van der Waals surface area contributed by atoms with Crippen molar-refractivity contribution in [1.82, 2.24) is 0 Å². The van der Waals surface area contributed by atoms with Gasteiger partial charge in [0, 0.05) is 17.0 Å². The lowest BCUT2D eigenvalue weighted by Gasteiger charge is -2.05. The molecule has 4 aromatic rings. The second-order valence-electron chi connectivity index (χ2n) is 5.85. The van der Waals surface area contributed by atoms with Crippen LogP contribution in [0.3, 0.4) is 0 Å². The van der Waals surface area contributed by atoms with E-state index in [1.165, 1.54) is 0 Å². The van der Waals surface area contributed by atoms with Gasteiger partial charge in [-0.05, 0) is 60.7 Å². The van der Waals surface area contributed by atoms with Crippen LogP contribution in [0, 0.1) is 0 Å². The third-order valence-corrected chi connectivity index (χ3v) is 4.12. The fourth-order valence-electron chi connectivity index (χ4n) is 2.77. The zero-order valence-electron chi connectivity index (χ0n) is 14.6. The number of benzene rings is 3. The van der Waals surface area contributed by atoms with E-state index in [1.54, 1.807) is 19.2 Å². The first kappa shape index (κ1) is 18.5. The van der Waals surface area contributed by atoms with Gasteiger partial charge in [0.15, 0.2) is 0 Å². The molecule has 0 radical (unpaired) electrons. The number of nitrogens with zero attached hydrogens (tertiary/aromatic N) is 1. The van der Waals surface area contributed by atoms with Crippen molar-refractivity contribution in [3.05, 3.63) is 84.2 Å². The molecule has 0 aliphatic carbocycles. The molecule has 1 heterocycles. The highest BCUT2D eigenvalue weighted by Gasteiger charge is 2.06. The number of rotatable bonds is 3. The van der Waals surface area contributed by atoms with Crippen molar-refractivity contribution in [1.29, 1.82) is 0 Å². The Morgan fingerprint density at radius 1 is 0.889 bits per heavy atom. The fraction of sp³-hybridized carbons (Fsp3) is 0.0455. The van der Waals surface area contributed by atoms with Crippen LogP contribution in [0.25, 0.3) is 22.3 Å². The summed E-state index contributed by atoms with van der Waals surface area (Å²) in [5, 5.41) is 11.3. The van der Waals surface area contributed by atoms with Gasteiger partial charge in [0.2, 0.25) is 0 Å². The molecule has 0 aliphatic heterocycles. The second-order valence-corrected chi connectivity index (χ2v) is 5.85. The molecule has 1 N–H and O–H groups in total. The lowest BCUT2D eigenvalue weighted by atomic mass is 10.1. The first-order chi connectivity index (χ1) is 12.7. The molecule has 0 fully saturated rings. The number of ether oxygens (including phenoxy) is 1. The van der Waals surface area contributed by atoms with Crippen LogP contribution in [-0.4, -0.2) is 12.2 Å². The number of phenolic OH excluding ortho intramolecular Hbond substituents is 1. The van der Waals surface area contributed by atoms with Gasteiger partial charge >= 0.3 is 0 Å². The van der Waals surface area contributed by atoms with Crippen LogP contribution in [0.2, 0.25) is 0 Å². The van der Waals surface area contributed by atoms with Gasteiger partial charge in [-0.25, -0.2) is 4.99 Å². The van der Waals surface area contributed by atoms with Gasteiger partial charge in [0.25, 0.3) is 0 Å². The predicted molar refractivity (Wildman–Crippen MR) is 109 cm³/mol. The molecule has 0 spiro atoms. The van der Waals surface area contributed by atoms with Crippen LogP contribution in [0.1, 0.15) is 0 Å². The van der Waals surface area contributed by atoms with E-state index in [2.05, 4.69) is 0 Å². The fourth-order valence-corrected chi connectivity index (χ4v) is 2.77. The normalized spacial score (nSPS) is 11.2. The summed E-state index contributed by atoms with van der Waals surface area (Å²) < 4.78 is 11.2. The summed E-state index contributed by atoms with van der Waals surface area (Å²) in [7, 11) is 1.64. The Hall–Kier alpha value is -3.24. The van der Waals surface area contributed by atoms with Gasteiger partial charge in [-0.15, -0.1) is 12.4 Å². The number of para-hydroxylation sites is 1. The van der Waals surface area contributed by atoms with Gasteiger partial charge < -0.3 is 14.3 Å². The molecule has 0 atom stereocenters. The van der Waals surface area contributed by atoms with Gasteiger partial charge in [-0.1, -0.05) is 12.1 Å². The number of hydrogen-bond acceptors (Lipinski definition) is 4. The molecule has 5 heteroatoms. The van der Waals surface area contributed by atoms with Gasteiger partial charge in [0.1, 0.15) is 22.8 Å². The number of halogens is 1. The van der Waals surface area contributed by atoms with Crippen molar-refractivity contribution < 1.29 is 14.3 Å². The molecular weight excluding hydrogens is 362 g/mol. The Balaban J connectivity index is 0.00000210. The average Bonchev–Trinajstić information content (AvgIpc) is 2.69. The third kappa shape index (κ3) is 3.96. The summed E-state index contributed by atoms with van der Waals surface area (Å²) in [6.45, 7) is 0. The Morgan fingerprint density at radius 3 is 2.30 bits per heavy atom. The Morgan fingerprint density at radius 2 is 1.59 bits per heavy atom. The molecule has 0 unspecified atom stereocenters. The van der Waals surface area contributed by atoms with Gasteiger partial charge in [-0.3, -0.25) is 0 Å². The van der Waals surface area contributed by atoms with Gasteiger partial charge in [0.05, 0.1) is 18.2 Å². The Kier molecular flexibility index (Phi) is 5.48. The molecule has 4 rings (SSSR count). The maximum absolute atomic E-state index is 9.51. The van der Waals surface area contributed by atoms with Crippen LogP contribution in [0.4, 0.5) is 5.69 Å². The first-order valence-corrected chi connectivity index (χ1v) is 8.24. The van der Waals surface area contributed by atoms with Crippen molar-refractivity contribution in [2.75, 3.05) is 7.11 Å². The third-order valence-electron chi connectivity index (χ3n) is 4.12. The standard InChI is InChI=1S/C22H17NO3.ClH/c1-25-18-12-8-16(9-13-18)23-20-14-22(15-6-10-17(24)11-7-15)26-21-5-3-2-4-19(20)21;/h2-14,24H,1H3;1H. The van der Waals surface area contributed by atoms with E-state index in [0.717, 1.165) is 33.3 Å². The molecule has 0 amide bonds. The Labute approximate surface area is 162 Å². The number of methoxy groups -OCH3 is 1. The number of fused-ring (bicyclic) bond motifs is 1. The van der Waals surface area contributed by atoms with E-state index in [4.69, 9.17) is 14.1 Å². The zero-order chi connectivity index (χ0) is 17.9. The predicted octanol–water partition coefficient (Wildman–Crippen LogP) is 5.47. The first-order valence-electron chi connectivity index (χ1n) is 8.24. The average molecular weight is 380 g/mol. The summed E-state index contributed by atoms with van der Waals surface area (Å²) in [4.78, 5) is 4.78. The van der Waals surface area contributed by atoms with Crippen molar-refractivity contribution in [2.24, 2.45) is 4.99 Å². The summed E-state index contributed by atoms with van der Waals surface area (Å²) >= 11 is 0.